The zero-order valence-electron chi connectivity index (χ0n) is 16.7. The predicted octanol–water partition coefficient (Wildman–Crippen LogP) is 3.83. The van der Waals surface area contributed by atoms with E-state index in [1.165, 1.54) is 0 Å². The smallest absolute Gasteiger partial charge is 0.274 e. The Morgan fingerprint density at radius 2 is 1.80 bits per heavy atom. The molecule has 1 unspecified atom stereocenters. The van der Waals surface area contributed by atoms with Gasteiger partial charge in [0.1, 0.15) is 11.4 Å². The van der Waals surface area contributed by atoms with Crippen LogP contribution in [0.5, 0.6) is 5.75 Å². The van der Waals surface area contributed by atoms with Crippen LogP contribution in [0.4, 0.5) is 0 Å². The standard InChI is InChI=1S/C23H21N5O2/c1-16(17-7-4-3-5-8-17)25-23(29)21-22(18-11-13-24-14-12-18)28(27-26-21)19-9-6-10-20(15-19)30-2/h3-16H,1-2H3,(H,25,29). The van der Waals surface area contributed by atoms with E-state index in [-0.39, 0.29) is 17.6 Å². The van der Waals surface area contributed by atoms with Crippen LogP contribution in [-0.4, -0.2) is 33.0 Å². The van der Waals surface area contributed by atoms with Crippen LogP contribution in [0.3, 0.4) is 0 Å². The van der Waals surface area contributed by atoms with Crippen LogP contribution in [0.15, 0.2) is 79.1 Å². The van der Waals surface area contributed by atoms with Crippen LogP contribution >= 0.6 is 0 Å². The molecule has 4 aromatic rings. The highest BCUT2D eigenvalue weighted by atomic mass is 16.5. The summed E-state index contributed by atoms with van der Waals surface area (Å²) in [7, 11) is 1.61. The van der Waals surface area contributed by atoms with Crippen molar-refractivity contribution in [3.8, 4) is 22.7 Å². The van der Waals surface area contributed by atoms with Crippen molar-refractivity contribution in [2.45, 2.75) is 13.0 Å². The fourth-order valence-corrected chi connectivity index (χ4v) is 3.22. The van der Waals surface area contributed by atoms with Crippen molar-refractivity contribution in [2.24, 2.45) is 0 Å². The molecule has 0 bridgehead atoms. The Kier molecular flexibility index (Phi) is 5.52. The van der Waals surface area contributed by atoms with Gasteiger partial charge in [0.25, 0.3) is 5.91 Å². The average Bonchev–Trinajstić information content (AvgIpc) is 3.25. The van der Waals surface area contributed by atoms with E-state index in [0.717, 1.165) is 16.8 Å². The van der Waals surface area contributed by atoms with Crippen molar-refractivity contribution < 1.29 is 9.53 Å². The minimum absolute atomic E-state index is 0.175. The molecule has 0 saturated carbocycles. The van der Waals surface area contributed by atoms with Crippen molar-refractivity contribution in [2.75, 3.05) is 7.11 Å². The number of pyridine rings is 1. The summed E-state index contributed by atoms with van der Waals surface area (Å²) < 4.78 is 6.97. The zero-order valence-corrected chi connectivity index (χ0v) is 16.7. The van der Waals surface area contributed by atoms with E-state index in [1.54, 1.807) is 24.2 Å². The molecule has 0 saturated heterocycles. The molecule has 7 heteroatoms. The summed E-state index contributed by atoms with van der Waals surface area (Å²) >= 11 is 0. The van der Waals surface area contributed by atoms with E-state index in [9.17, 15) is 4.79 Å². The van der Waals surface area contributed by atoms with Crippen LogP contribution in [0.25, 0.3) is 16.9 Å². The van der Waals surface area contributed by atoms with Gasteiger partial charge in [0.2, 0.25) is 0 Å². The molecule has 150 valence electrons. The molecule has 1 amide bonds. The Morgan fingerprint density at radius 1 is 1.03 bits per heavy atom. The molecule has 0 aliphatic rings. The van der Waals surface area contributed by atoms with Gasteiger partial charge in [-0.1, -0.05) is 41.6 Å². The Bertz CT molecular complexity index is 1140. The number of amides is 1. The molecule has 0 fully saturated rings. The van der Waals surface area contributed by atoms with Crippen LogP contribution in [0, 0.1) is 0 Å². The lowest BCUT2D eigenvalue weighted by molar-refractivity contribution is 0.0935. The summed E-state index contributed by atoms with van der Waals surface area (Å²) in [4.78, 5) is 17.2. The summed E-state index contributed by atoms with van der Waals surface area (Å²) in [6.07, 6.45) is 3.35. The lowest BCUT2D eigenvalue weighted by atomic mass is 10.1. The van der Waals surface area contributed by atoms with Crippen molar-refractivity contribution in [1.82, 2.24) is 25.3 Å². The number of aromatic nitrogens is 4. The third kappa shape index (κ3) is 3.91. The highest BCUT2D eigenvalue weighted by molar-refractivity contribution is 5.98. The number of ether oxygens (including phenoxy) is 1. The number of hydrogen-bond acceptors (Lipinski definition) is 5. The highest BCUT2D eigenvalue weighted by Crippen LogP contribution is 2.27. The molecule has 2 heterocycles. The maximum Gasteiger partial charge on any atom is 0.274 e. The van der Waals surface area contributed by atoms with Crippen molar-refractivity contribution >= 4 is 5.91 Å². The van der Waals surface area contributed by atoms with Crippen LogP contribution in [0.1, 0.15) is 29.0 Å². The first kappa shape index (κ1) is 19.3. The molecule has 0 aliphatic carbocycles. The van der Waals surface area contributed by atoms with E-state index in [0.29, 0.717) is 11.4 Å². The maximum atomic E-state index is 13.1. The third-order valence-corrected chi connectivity index (χ3v) is 4.78. The fraction of sp³-hybridized carbons (Fsp3) is 0.130. The topological polar surface area (TPSA) is 81.9 Å². The largest absolute Gasteiger partial charge is 0.497 e. The van der Waals surface area contributed by atoms with Gasteiger partial charge < -0.3 is 10.1 Å². The minimum Gasteiger partial charge on any atom is -0.497 e. The van der Waals surface area contributed by atoms with Gasteiger partial charge in [-0.25, -0.2) is 4.68 Å². The first-order chi connectivity index (χ1) is 14.7. The van der Waals surface area contributed by atoms with E-state index >= 15 is 0 Å². The molecule has 7 nitrogen and oxygen atoms in total. The predicted molar refractivity (Wildman–Crippen MR) is 113 cm³/mol. The van der Waals surface area contributed by atoms with Crippen LogP contribution in [0.2, 0.25) is 0 Å². The van der Waals surface area contributed by atoms with Gasteiger partial charge in [-0.3, -0.25) is 9.78 Å². The Balaban J connectivity index is 1.75. The second-order valence-electron chi connectivity index (χ2n) is 6.74. The van der Waals surface area contributed by atoms with Crippen molar-refractivity contribution in [1.29, 1.82) is 0 Å². The van der Waals surface area contributed by atoms with E-state index in [2.05, 4.69) is 20.6 Å². The van der Waals surface area contributed by atoms with E-state index < -0.39 is 0 Å². The second-order valence-corrected chi connectivity index (χ2v) is 6.74. The van der Waals surface area contributed by atoms with Gasteiger partial charge in [-0.05, 0) is 36.8 Å². The van der Waals surface area contributed by atoms with E-state index in [1.807, 2.05) is 73.7 Å². The number of nitrogens with zero attached hydrogens (tertiary/aromatic N) is 4. The quantitative estimate of drug-likeness (QED) is 0.533. The first-order valence-electron chi connectivity index (χ1n) is 9.53. The van der Waals surface area contributed by atoms with E-state index in [4.69, 9.17) is 4.74 Å². The molecular formula is C23H21N5O2. The molecule has 2 aromatic heterocycles. The number of hydrogen-bond donors (Lipinski definition) is 1. The van der Waals surface area contributed by atoms with Crippen molar-refractivity contribution in [3.63, 3.8) is 0 Å². The van der Waals surface area contributed by atoms with Gasteiger partial charge in [0.05, 0.1) is 18.8 Å². The maximum absolute atomic E-state index is 13.1. The lowest BCUT2D eigenvalue weighted by Gasteiger charge is -2.14. The summed E-state index contributed by atoms with van der Waals surface area (Å²) in [6.45, 7) is 1.94. The van der Waals surface area contributed by atoms with Gasteiger partial charge >= 0.3 is 0 Å². The van der Waals surface area contributed by atoms with Crippen LogP contribution < -0.4 is 10.1 Å². The molecule has 1 atom stereocenters. The first-order valence-corrected chi connectivity index (χ1v) is 9.53. The average molecular weight is 399 g/mol. The Morgan fingerprint density at radius 3 is 2.53 bits per heavy atom. The van der Waals surface area contributed by atoms with Crippen LogP contribution in [-0.2, 0) is 0 Å². The molecule has 0 spiro atoms. The van der Waals surface area contributed by atoms with Gasteiger partial charge in [0.15, 0.2) is 5.69 Å². The Hall–Kier alpha value is -4.00. The normalized spacial score (nSPS) is 11.7. The Labute approximate surface area is 174 Å². The number of carbonyl (C=O) groups is 1. The molecule has 2 aromatic carbocycles. The fourth-order valence-electron chi connectivity index (χ4n) is 3.22. The number of carbonyl (C=O) groups excluding carboxylic acids is 1. The number of nitrogens with one attached hydrogen (secondary N) is 1. The molecular weight excluding hydrogens is 378 g/mol. The summed E-state index contributed by atoms with van der Waals surface area (Å²) in [5, 5.41) is 11.5. The summed E-state index contributed by atoms with van der Waals surface area (Å²) in [6, 6.07) is 20.7. The number of benzene rings is 2. The molecule has 30 heavy (non-hydrogen) atoms. The second kappa shape index (κ2) is 8.57. The minimum atomic E-state index is -0.299. The third-order valence-electron chi connectivity index (χ3n) is 4.78. The molecule has 0 radical (unpaired) electrons. The monoisotopic (exact) mass is 399 g/mol. The van der Waals surface area contributed by atoms with Gasteiger partial charge in [-0.15, -0.1) is 5.10 Å². The van der Waals surface area contributed by atoms with Crippen molar-refractivity contribution in [3.05, 3.63) is 90.4 Å². The molecule has 0 aliphatic heterocycles. The van der Waals surface area contributed by atoms with Gasteiger partial charge in [-0.2, -0.15) is 0 Å². The molecule has 4 rings (SSSR count). The number of methoxy groups -OCH3 is 1. The molecule has 1 N–H and O–H groups in total. The summed E-state index contributed by atoms with van der Waals surface area (Å²) in [5.41, 5.74) is 3.37. The van der Waals surface area contributed by atoms with Gasteiger partial charge in [0, 0.05) is 24.0 Å². The SMILES string of the molecule is COc1cccc(-n2nnc(C(=O)NC(C)c3ccccc3)c2-c2ccncc2)c1. The summed E-state index contributed by atoms with van der Waals surface area (Å²) in [5.74, 6) is 0.389. The number of rotatable bonds is 6. The lowest BCUT2D eigenvalue weighted by Crippen LogP contribution is -2.27. The zero-order chi connectivity index (χ0) is 20.9. The highest BCUT2D eigenvalue weighted by Gasteiger charge is 2.23.